The van der Waals surface area contributed by atoms with Crippen LogP contribution in [0, 0.1) is 0 Å². The summed E-state index contributed by atoms with van der Waals surface area (Å²) in [6, 6.07) is 0. The lowest BCUT2D eigenvalue weighted by atomic mass is 10.2. The summed E-state index contributed by atoms with van der Waals surface area (Å²) >= 11 is 0.772. The Morgan fingerprint density at radius 2 is 1.95 bits per heavy atom. The van der Waals surface area contributed by atoms with Crippen LogP contribution >= 0.6 is 11.8 Å². The molecule has 2 rings (SSSR count). The predicted octanol–water partition coefficient (Wildman–Crippen LogP) is 1.38. The molecule has 100 valence electrons. The van der Waals surface area contributed by atoms with Gasteiger partial charge < -0.3 is 10.0 Å². The summed E-state index contributed by atoms with van der Waals surface area (Å²) in [6.07, 6.45) is 7.09. The maximum absolute atomic E-state index is 12.0. The van der Waals surface area contributed by atoms with Crippen LogP contribution in [-0.4, -0.2) is 45.1 Å². The van der Waals surface area contributed by atoms with E-state index in [4.69, 9.17) is 5.11 Å². The van der Waals surface area contributed by atoms with Crippen LogP contribution in [0.1, 0.15) is 6.92 Å². The number of hydrogen-bond acceptors (Lipinski definition) is 5. The molecule has 2 amide bonds. The molecule has 0 saturated carbocycles. The molecule has 0 atom stereocenters. The minimum Gasteiger partial charge on any atom is -0.480 e. The molecular weight excluding hydrogens is 268 g/mol. The molecule has 0 radical (unpaired) electrons. The summed E-state index contributed by atoms with van der Waals surface area (Å²) in [6.45, 7) is 2.19. The third kappa shape index (κ3) is 2.70. The first-order valence-electron chi connectivity index (χ1n) is 5.64. The van der Waals surface area contributed by atoms with Gasteiger partial charge in [0.05, 0.1) is 4.91 Å². The molecule has 0 aromatic heterocycles. The van der Waals surface area contributed by atoms with E-state index in [9.17, 15) is 14.4 Å². The molecule has 1 N–H and O–H groups in total. The van der Waals surface area contributed by atoms with Crippen LogP contribution in [0.15, 0.2) is 35.0 Å². The molecule has 0 aliphatic carbocycles. The monoisotopic (exact) mass is 280 g/mol. The smallest absolute Gasteiger partial charge is 0.323 e. The van der Waals surface area contributed by atoms with Gasteiger partial charge in [0, 0.05) is 18.9 Å². The quantitative estimate of drug-likeness (QED) is 0.787. The van der Waals surface area contributed by atoms with E-state index >= 15 is 0 Å². The van der Waals surface area contributed by atoms with Gasteiger partial charge in [-0.2, -0.15) is 0 Å². The van der Waals surface area contributed by atoms with Gasteiger partial charge in [0.15, 0.2) is 0 Å². The molecule has 0 spiro atoms. The average Bonchev–Trinajstić information content (AvgIpc) is 2.66. The number of nitrogens with zero attached hydrogens (tertiary/aromatic N) is 2. The summed E-state index contributed by atoms with van der Waals surface area (Å²) in [5.41, 5.74) is 0.626. The Hall–Kier alpha value is -2.02. The van der Waals surface area contributed by atoms with Gasteiger partial charge in [0.1, 0.15) is 6.54 Å². The zero-order valence-corrected chi connectivity index (χ0v) is 11.0. The molecule has 19 heavy (non-hydrogen) atoms. The van der Waals surface area contributed by atoms with Crippen LogP contribution < -0.4 is 0 Å². The van der Waals surface area contributed by atoms with Crippen LogP contribution in [0.2, 0.25) is 0 Å². The summed E-state index contributed by atoms with van der Waals surface area (Å²) < 4.78 is 0. The fraction of sp³-hybridized carbons (Fsp3) is 0.250. The second-order valence-corrected chi connectivity index (χ2v) is 4.86. The standard InChI is InChI=1S/C12H12N2O4S/c1-2-13-5-3-8(4-6-13)10-11(17)14(7-9(15)16)12(18)19-10/h3-6H,2,7H2,1H3,(H,15,16). The highest BCUT2D eigenvalue weighted by Crippen LogP contribution is 2.34. The average molecular weight is 280 g/mol. The zero-order valence-electron chi connectivity index (χ0n) is 10.2. The summed E-state index contributed by atoms with van der Waals surface area (Å²) in [5.74, 6) is -1.76. The van der Waals surface area contributed by atoms with Crippen molar-refractivity contribution in [2.75, 3.05) is 13.1 Å². The fourth-order valence-electron chi connectivity index (χ4n) is 1.67. The number of amides is 2. The van der Waals surface area contributed by atoms with Gasteiger partial charge in [-0.3, -0.25) is 19.3 Å². The molecule has 2 aliphatic heterocycles. The van der Waals surface area contributed by atoms with E-state index < -0.39 is 23.7 Å². The van der Waals surface area contributed by atoms with Gasteiger partial charge in [-0.25, -0.2) is 0 Å². The molecule has 1 fully saturated rings. The van der Waals surface area contributed by atoms with Gasteiger partial charge in [0.2, 0.25) is 0 Å². The number of hydrogen-bond donors (Lipinski definition) is 1. The molecule has 0 aromatic carbocycles. The van der Waals surface area contributed by atoms with Crippen molar-refractivity contribution in [2.24, 2.45) is 0 Å². The summed E-state index contributed by atoms with van der Waals surface area (Å²) in [5, 5.41) is 8.12. The van der Waals surface area contributed by atoms with Crippen LogP contribution in [0.4, 0.5) is 4.79 Å². The Morgan fingerprint density at radius 1 is 1.32 bits per heavy atom. The van der Waals surface area contributed by atoms with E-state index in [1.54, 1.807) is 24.6 Å². The van der Waals surface area contributed by atoms with Crippen molar-refractivity contribution in [1.82, 2.24) is 9.80 Å². The van der Waals surface area contributed by atoms with Crippen molar-refractivity contribution in [1.29, 1.82) is 0 Å². The minimum absolute atomic E-state index is 0.273. The van der Waals surface area contributed by atoms with E-state index in [1.165, 1.54) is 0 Å². The normalized spacial score (nSPS) is 18.8. The van der Waals surface area contributed by atoms with Crippen LogP contribution in [-0.2, 0) is 9.59 Å². The first kappa shape index (κ1) is 13.4. The third-order valence-corrected chi connectivity index (χ3v) is 3.67. The lowest BCUT2D eigenvalue weighted by Crippen LogP contribution is -2.33. The SMILES string of the molecule is CCN1C=CC(=C2SC(=O)N(CC(=O)O)C2=O)C=C1. The molecule has 0 bridgehead atoms. The number of carboxylic acids is 1. The molecule has 0 aromatic rings. The highest BCUT2D eigenvalue weighted by Gasteiger charge is 2.37. The number of carbonyl (C=O) groups is 3. The van der Waals surface area contributed by atoms with Crippen LogP contribution in [0.3, 0.4) is 0 Å². The van der Waals surface area contributed by atoms with E-state index in [2.05, 4.69) is 0 Å². The topological polar surface area (TPSA) is 77.9 Å². The maximum atomic E-state index is 12.0. The number of imide groups is 1. The fourth-order valence-corrected chi connectivity index (χ4v) is 2.55. The highest BCUT2D eigenvalue weighted by molar-refractivity contribution is 8.18. The number of carbonyl (C=O) groups excluding carboxylic acids is 2. The zero-order chi connectivity index (χ0) is 14.0. The second-order valence-electron chi connectivity index (χ2n) is 3.90. The first-order valence-corrected chi connectivity index (χ1v) is 6.46. The third-order valence-electron chi connectivity index (χ3n) is 2.66. The highest BCUT2D eigenvalue weighted by atomic mass is 32.2. The minimum atomic E-state index is -1.21. The molecule has 0 unspecified atom stereocenters. The Morgan fingerprint density at radius 3 is 2.47 bits per heavy atom. The summed E-state index contributed by atoms with van der Waals surface area (Å²) in [4.78, 5) is 37.1. The number of allylic oxidation sites excluding steroid dienone is 3. The first-order chi connectivity index (χ1) is 9.02. The Labute approximate surface area is 114 Å². The van der Waals surface area contributed by atoms with Crippen LogP contribution in [0.25, 0.3) is 0 Å². The van der Waals surface area contributed by atoms with E-state index in [0.717, 1.165) is 23.2 Å². The van der Waals surface area contributed by atoms with Gasteiger partial charge in [0.25, 0.3) is 11.1 Å². The van der Waals surface area contributed by atoms with Crippen LogP contribution in [0.5, 0.6) is 0 Å². The van der Waals surface area contributed by atoms with Crippen molar-refractivity contribution in [3.05, 3.63) is 35.0 Å². The molecular formula is C12H12N2O4S. The van der Waals surface area contributed by atoms with Crippen molar-refractivity contribution in [3.8, 4) is 0 Å². The second kappa shape index (κ2) is 5.31. The van der Waals surface area contributed by atoms with Crippen molar-refractivity contribution >= 4 is 28.9 Å². The largest absolute Gasteiger partial charge is 0.480 e. The van der Waals surface area contributed by atoms with Gasteiger partial charge >= 0.3 is 5.97 Å². The Kier molecular flexibility index (Phi) is 3.75. The number of thioether (sulfide) groups is 1. The van der Waals surface area contributed by atoms with E-state index in [0.29, 0.717) is 5.57 Å². The van der Waals surface area contributed by atoms with E-state index in [1.807, 2.05) is 11.8 Å². The Bertz CT molecular complexity index is 520. The predicted molar refractivity (Wildman–Crippen MR) is 70.0 cm³/mol. The van der Waals surface area contributed by atoms with Gasteiger partial charge in [-0.05, 0) is 36.4 Å². The van der Waals surface area contributed by atoms with Crippen molar-refractivity contribution < 1.29 is 19.5 Å². The lowest BCUT2D eigenvalue weighted by Gasteiger charge is -2.16. The van der Waals surface area contributed by atoms with E-state index in [-0.39, 0.29) is 4.91 Å². The van der Waals surface area contributed by atoms with Gasteiger partial charge in [-0.1, -0.05) is 0 Å². The van der Waals surface area contributed by atoms with Crippen molar-refractivity contribution in [2.45, 2.75) is 6.92 Å². The number of aliphatic carboxylic acids is 1. The van der Waals surface area contributed by atoms with Gasteiger partial charge in [-0.15, -0.1) is 0 Å². The number of rotatable bonds is 3. The molecule has 7 heteroatoms. The Balaban J connectivity index is 2.24. The molecule has 2 heterocycles. The molecule has 1 saturated heterocycles. The van der Waals surface area contributed by atoms with Crippen molar-refractivity contribution in [3.63, 3.8) is 0 Å². The summed E-state index contributed by atoms with van der Waals surface area (Å²) in [7, 11) is 0. The lowest BCUT2D eigenvalue weighted by molar-refractivity contribution is -0.140. The molecule has 2 aliphatic rings. The maximum Gasteiger partial charge on any atom is 0.323 e. The molecule has 6 nitrogen and oxygen atoms in total. The number of carboxylic acid groups (broad SMARTS) is 1.